The molecule has 0 bridgehead atoms. The van der Waals surface area contributed by atoms with Gasteiger partial charge in [0, 0.05) is 0 Å². The Morgan fingerprint density at radius 3 is 2.50 bits per heavy atom. The zero-order valence-corrected chi connectivity index (χ0v) is 4.98. The number of hydrogen-bond acceptors (Lipinski definition) is 2. The summed E-state index contributed by atoms with van der Waals surface area (Å²) >= 11 is -2.27. The Labute approximate surface area is 50.2 Å². The van der Waals surface area contributed by atoms with E-state index in [1.807, 2.05) is 0 Å². The minimum Gasteiger partial charge on any atom is -0.381 e. The number of allylic oxidation sites excluding steroid dienone is 1. The average Bonchev–Trinajstić information content (AvgIpc) is 1.65. The largest absolute Gasteiger partial charge is 0.381 e. The summed E-state index contributed by atoms with van der Waals surface area (Å²) in [4.78, 5) is 0. The van der Waals surface area contributed by atoms with E-state index in [0.29, 0.717) is 0 Å². The van der Waals surface area contributed by atoms with Crippen LogP contribution in [0.5, 0.6) is 0 Å². The standard InChI is InChI=1S/C4H6O3S/c1-3-4(2)7-8(5)6/h3H,1-2H2,(H,5,6). The van der Waals surface area contributed by atoms with Crippen molar-refractivity contribution in [2.24, 2.45) is 0 Å². The highest BCUT2D eigenvalue weighted by Crippen LogP contribution is 1.94. The van der Waals surface area contributed by atoms with E-state index < -0.39 is 11.4 Å². The summed E-state index contributed by atoms with van der Waals surface area (Å²) in [7, 11) is 0. The molecule has 1 N–H and O–H groups in total. The Morgan fingerprint density at radius 1 is 1.88 bits per heavy atom. The van der Waals surface area contributed by atoms with Crippen molar-refractivity contribution in [3.8, 4) is 0 Å². The second kappa shape index (κ2) is 3.40. The summed E-state index contributed by atoms with van der Waals surface area (Å²) in [6.45, 7) is 6.46. The zero-order valence-electron chi connectivity index (χ0n) is 4.16. The van der Waals surface area contributed by atoms with E-state index in [4.69, 9.17) is 4.55 Å². The van der Waals surface area contributed by atoms with E-state index in [1.165, 1.54) is 6.08 Å². The molecule has 3 nitrogen and oxygen atoms in total. The minimum absolute atomic E-state index is 0.0887. The van der Waals surface area contributed by atoms with E-state index in [0.717, 1.165) is 0 Å². The second-order valence-electron chi connectivity index (χ2n) is 0.971. The van der Waals surface area contributed by atoms with E-state index in [1.54, 1.807) is 0 Å². The molecule has 0 radical (unpaired) electrons. The molecule has 0 aromatic rings. The molecule has 0 saturated carbocycles. The van der Waals surface area contributed by atoms with Crippen molar-refractivity contribution in [3.05, 3.63) is 25.0 Å². The third-order valence-electron chi connectivity index (χ3n) is 0.406. The molecular weight excluding hydrogens is 128 g/mol. The summed E-state index contributed by atoms with van der Waals surface area (Å²) < 4.78 is 21.9. The maximum absolute atomic E-state index is 9.75. The molecular formula is C4H6O3S. The maximum Gasteiger partial charge on any atom is 0.357 e. The molecule has 0 rings (SSSR count). The van der Waals surface area contributed by atoms with Gasteiger partial charge in [0.2, 0.25) is 0 Å². The molecule has 46 valence electrons. The van der Waals surface area contributed by atoms with Crippen LogP contribution in [0, 0.1) is 0 Å². The van der Waals surface area contributed by atoms with Crippen LogP contribution in [0.3, 0.4) is 0 Å². The molecule has 1 unspecified atom stereocenters. The van der Waals surface area contributed by atoms with Crippen LogP contribution in [0.15, 0.2) is 25.0 Å². The average molecular weight is 134 g/mol. The summed E-state index contributed by atoms with van der Waals surface area (Å²) in [5.74, 6) is 0.0887. The van der Waals surface area contributed by atoms with E-state index in [-0.39, 0.29) is 5.76 Å². The fourth-order valence-electron chi connectivity index (χ4n) is 0.126. The van der Waals surface area contributed by atoms with Crippen LogP contribution < -0.4 is 0 Å². The van der Waals surface area contributed by atoms with Gasteiger partial charge in [-0.1, -0.05) is 13.2 Å². The molecule has 0 saturated heterocycles. The van der Waals surface area contributed by atoms with Gasteiger partial charge in [-0.05, 0) is 6.08 Å². The molecule has 1 atom stereocenters. The third-order valence-corrected chi connectivity index (χ3v) is 0.763. The zero-order chi connectivity index (χ0) is 6.57. The van der Waals surface area contributed by atoms with Crippen molar-refractivity contribution in [1.29, 1.82) is 0 Å². The monoisotopic (exact) mass is 134 g/mol. The molecule has 0 aliphatic heterocycles. The van der Waals surface area contributed by atoms with Gasteiger partial charge in [-0.15, -0.1) is 0 Å². The van der Waals surface area contributed by atoms with Gasteiger partial charge in [0.05, 0.1) is 0 Å². The summed E-state index contributed by atoms with van der Waals surface area (Å²) in [6, 6.07) is 0. The van der Waals surface area contributed by atoms with Crippen LogP contribution in [-0.2, 0) is 15.5 Å². The van der Waals surface area contributed by atoms with Crippen LogP contribution in [0.1, 0.15) is 0 Å². The van der Waals surface area contributed by atoms with Crippen molar-refractivity contribution < 1.29 is 12.9 Å². The Balaban J connectivity index is 3.55. The van der Waals surface area contributed by atoms with Crippen LogP contribution >= 0.6 is 0 Å². The SMILES string of the molecule is C=CC(=C)OS(=O)O. The highest BCUT2D eigenvalue weighted by Gasteiger charge is 1.90. The summed E-state index contributed by atoms with van der Waals surface area (Å²) in [5, 5.41) is 0. The first-order valence-electron chi connectivity index (χ1n) is 1.77. The molecule has 4 heteroatoms. The third kappa shape index (κ3) is 3.58. The molecule has 0 aromatic carbocycles. The molecule has 0 aromatic heterocycles. The second-order valence-corrected chi connectivity index (χ2v) is 1.57. The first-order chi connectivity index (χ1) is 3.66. The Kier molecular flexibility index (Phi) is 3.14. The van der Waals surface area contributed by atoms with Crippen molar-refractivity contribution >= 4 is 11.4 Å². The lowest BCUT2D eigenvalue weighted by atomic mass is 10.6. The molecule has 0 aliphatic rings. The molecule has 0 heterocycles. The maximum atomic E-state index is 9.75. The molecule has 8 heavy (non-hydrogen) atoms. The lowest BCUT2D eigenvalue weighted by Crippen LogP contribution is -1.90. The van der Waals surface area contributed by atoms with Gasteiger partial charge >= 0.3 is 11.4 Å². The van der Waals surface area contributed by atoms with Crippen molar-refractivity contribution in [2.75, 3.05) is 0 Å². The van der Waals surface area contributed by atoms with Gasteiger partial charge in [0.1, 0.15) is 5.76 Å². The van der Waals surface area contributed by atoms with E-state index in [9.17, 15) is 4.21 Å². The Hall–Kier alpha value is -0.610. The van der Waals surface area contributed by atoms with Gasteiger partial charge in [0.25, 0.3) is 0 Å². The van der Waals surface area contributed by atoms with Crippen molar-refractivity contribution in [1.82, 2.24) is 0 Å². The van der Waals surface area contributed by atoms with Crippen molar-refractivity contribution in [3.63, 3.8) is 0 Å². The minimum atomic E-state index is -2.27. The normalized spacial score (nSPS) is 12.1. The number of rotatable bonds is 3. The van der Waals surface area contributed by atoms with Gasteiger partial charge in [-0.3, -0.25) is 4.55 Å². The summed E-state index contributed by atoms with van der Waals surface area (Å²) in [6.07, 6.45) is 1.24. The number of hydrogen-bond donors (Lipinski definition) is 1. The lowest BCUT2D eigenvalue weighted by Gasteiger charge is -1.93. The Bertz CT molecular complexity index is 129. The molecule has 0 spiro atoms. The fraction of sp³-hybridized carbons (Fsp3) is 0. The lowest BCUT2D eigenvalue weighted by molar-refractivity contribution is 0.400. The van der Waals surface area contributed by atoms with Crippen LogP contribution in [0.4, 0.5) is 0 Å². The predicted molar refractivity (Wildman–Crippen MR) is 31.2 cm³/mol. The smallest absolute Gasteiger partial charge is 0.357 e. The first kappa shape index (κ1) is 7.39. The van der Waals surface area contributed by atoms with E-state index >= 15 is 0 Å². The highest BCUT2D eigenvalue weighted by atomic mass is 32.2. The Morgan fingerprint density at radius 2 is 2.38 bits per heavy atom. The van der Waals surface area contributed by atoms with Gasteiger partial charge < -0.3 is 4.18 Å². The van der Waals surface area contributed by atoms with Gasteiger partial charge in [0.15, 0.2) is 0 Å². The van der Waals surface area contributed by atoms with Gasteiger partial charge in [-0.25, -0.2) is 0 Å². The van der Waals surface area contributed by atoms with Crippen LogP contribution in [0.2, 0.25) is 0 Å². The fourth-order valence-corrected chi connectivity index (χ4v) is 0.377. The molecule has 0 fully saturated rings. The van der Waals surface area contributed by atoms with Crippen LogP contribution in [0.25, 0.3) is 0 Å². The predicted octanol–water partition coefficient (Wildman–Crippen LogP) is 0.839. The quantitative estimate of drug-likeness (QED) is 0.353. The summed E-state index contributed by atoms with van der Waals surface area (Å²) in [5.41, 5.74) is 0. The van der Waals surface area contributed by atoms with Crippen molar-refractivity contribution in [2.45, 2.75) is 0 Å². The highest BCUT2D eigenvalue weighted by molar-refractivity contribution is 7.74. The topological polar surface area (TPSA) is 46.5 Å². The van der Waals surface area contributed by atoms with Gasteiger partial charge in [-0.2, -0.15) is 4.21 Å². The van der Waals surface area contributed by atoms with E-state index in [2.05, 4.69) is 17.3 Å². The molecule has 0 aliphatic carbocycles. The van der Waals surface area contributed by atoms with Crippen LogP contribution in [-0.4, -0.2) is 8.76 Å². The first-order valence-corrected chi connectivity index (χ1v) is 2.80. The molecule has 0 amide bonds.